The van der Waals surface area contributed by atoms with Gasteiger partial charge in [-0.3, -0.25) is 10.1 Å². The summed E-state index contributed by atoms with van der Waals surface area (Å²) in [4.78, 5) is 24.4. The van der Waals surface area contributed by atoms with Gasteiger partial charge in [-0.1, -0.05) is 18.2 Å². The maximum Gasteiger partial charge on any atom is 0.332 e. The summed E-state index contributed by atoms with van der Waals surface area (Å²) in [5.74, 6) is 1.38. The van der Waals surface area contributed by atoms with Crippen LogP contribution in [0.4, 0.5) is 23.1 Å². The predicted octanol–water partition coefficient (Wildman–Crippen LogP) is 3.22. The van der Waals surface area contributed by atoms with Crippen LogP contribution in [-0.2, 0) is 6.54 Å². The fourth-order valence-electron chi connectivity index (χ4n) is 3.42. The Hall–Kier alpha value is -3.62. The van der Waals surface area contributed by atoms with Gasteiger partial charge in [0, 0.05) is 31.9 Å². The molecule has 3 heterocycles. The number of nitrogens with zero attached hydrogens (tertiary/aromatic N) is 5. The highest BCUT2D eigenvalue weighted by Gasteiger charge is 2.26. The van der Waals surface area contributed by atoms with Gasteiger partial charge in [-0.25, -0.2) is 4.98 Å². The number of hydrogen-bond acceptors (Lipinski definition) is 8. The van der Waals surface area contributed by atoms with Crippen LogP contribution in [0.15, 0.2) is 53.1 Å². The molecule has 1 fully saturated rings. The molecule has 0 amide bonds. The van der Waals surface area contributed by atoms with Crippen LogP contribution >= 0.6 is 0 Å². The largest absolute Gasteiger partial charge is 0.467 e. The number of rotatable bonds is 6. The van der Waals surface area contributed by atoms with Crippen LogP contribution in [0, 0.1) is 17.0 Å². The smallest absolute Gasteiger partial charge is 0.332 e. The van der Waals surface area contributed by atoms with Crippen LogP contribution in [0.3, 0.4) is 0 Å². The molecule has 1 aliphatic rings. The molecule has 0 saturated carbocycles. The van der Waals surface area contributed by atoms with E-state index >= 15 is 0 Å². The molecule has 29 heavy (non-hydrogen) atoms. The number of aromatic nitrogens is 2. The number of nitro groups is 1. The number of piperazine rings is 1. The summed E-state index contributed by atoms with van der Waals surface area (Å²) < 4.78 is 5.29. The highest BCUT2D eigenvalue weighted by molar-refractivity contribution is 5.61. The fraction of sp³-hybridized carbons (Fsp3) is 0.300. The van der Waals surface area contributed by atoms with E-state index in [1.165, 1.54) is 5.69 Å². The minimum absolute atomic E-state index is 0.108. The minimum Gasteiger partial charge on any atom is -0.467 e. The van der Waals surface area contributed by atoms with Gasteiger partial charge in [0.1, 0.15) is 11.5 Å². The topological polar surface area (TPSA) is 101 Å². The Kier molecular flexibility index (Phi) is 5.28. The van der Waals surface area contributed by atoms with Crippen LogP contribution in [0.25, 0.3) is 0 Å². The van der Waals surface area contributed by atoms with E-state index in [0.29, 0.717) is 23.9 Å². The number of para-hydroxylation sites is 1. The molecule has 0 spiro atoms. The summed E-state index contributed by atoms with van der Waals surface area (Å²) in [6, 6.07) is 13.8. The average molecular weight is 394 g/mol. The van der Waals surface area contributed by atoms with Gasteiger partial charge in [-0.15, -0.1) is 0 Å². The van der Waals surface area contributed by atoms with E-state index in [1.54, 1.807) is 25.3 Å². The molecule has 0 aliphatic carbocycles. The van der Waals surface area contributed by atoms with Gasteiger partial charge in [0.05, 0.1) is 17.7 Å². The van der Waals surface area contributed by atoms with Crippen molar-refractivity contribution in [1.82, 2.24) is 9.97 Å². The molecule has 0 unspecified atom stereocenters. The van der Waals surface area contributed by atoms with Gasteiger partial charge in [0.25, 0.3) is 0 Å². The van der Waals surface area contributed by atoms with E-state index in [1.807, 2.05) is 18.2 Å². The van der Waals surface area contributed by atoms with Crippen LogP contribution in [0.2, 0.25) is 0 Å². The molecule has 1 aromatic carbocycles. The maximum absolute atomic E-state index is 11.5. The van der Waals surface area contributed by atoms with Crippen molar-refractivity contribution in [2.24, 2.45) is 0 Å². The summed E-state index contributed by atoms with van der Waals surface area (Å²) in [6.07, 6.45) is 1.56. The first-order valence-electron chi connectivity index (χ1n) is 9.46. The summed E-state index contributed by atoms with van der Waals surface area (Å²) in [5, 5.41) is 14.6. The van der Waals surface area contributed by atoms with E-state index in [2.05, 4.69) is 37.2 Å². The lowest BCUT2D eigenvalue weighted by molar-refractivity contribution is -0.385. The third kappa shape index (κ3) is 4.13. The second-order valence-electron chi connectivity index (χ2n) is 6.81. The number of hydrogen-bond donors (Lipinski definition) is 1. The Bertz CT molecular complexity index is 969. The molecule has 1 N–H and O–H groups in total. The number of nitrogens with one attached hydrogen (secondary N) is 1. The van der Waals surface area contributed by atoms with Crippen molar-refractivity contribution in [3.8, 4) is 0 Å². The summed E-state index contributed by atoms with van der Waals surface area (Å²) in [5.41, 5.74) is 1.42. The number of anilines is 3. The summed E-state index contributed by atoms with van der Waals surface area (Å²) in [7, 11) is 0. The predicted molar refractivity (Wildman–Crippen MR) is 110 cm³/mol. The van der Waals surface area contributed by atoms with E-state index in [9.17, 15) is 10.1 Å². The van der Waals surface area contributed by atoms with Crippen LogP contribution < -0.4 is 15.1 Å². The van der Waals surface area contributed by atoms with Crippen LogP contribution in [0.5, 0.6) is 0 Å². The molecule has 9 heteroatoms. The van der Waals surface area contributed by atoms with Gasteiger partial charge < -0.3 is 19.5 Å². The molecular weight excluding hydrogens is 372 g/mol. The standard InChI is InChI=1S/C20H22N6O3/c1-15-18(26(27)28)19(21-14-17-8-5-13-29-17)23-20(22-15)25-11-9-24(10-12-25)16-6-3-2-4-7-16/h2-8,13H,9-12,14H2,1H3,(H,21,22,23). The molecule has 0 bridgehead atoms. The fourth-order valence-corrected chi connectivity index (χ4v) is 3.42. The molecule has 0 atom stereocenters. The molecule has 1 aliphatic heterocycles. The molecular formula is C20H22N6O3. The first-order valence-corrected chi connectivity index (χ1v) is 9.46. The molecule has 150 valence electrons. The van der Waals surface area contributed by atoms with E-state index < -0.39 is 4.92 Å². The highest BCUT2D eigenvalue weighted by Crippen LogP contribution is 2.29. The molecule has 4 rings (SSSR count). The van der Waals surface area contributed by atoms with Crippen molar-refractivity contribution in [3.63, 3.8) is 0 Å². The molecule has 2 aromatic heterocycles. The Morgan fingerprint density at radius 1 is 1.07 bits per heavy atom. The average Bonchev–Trinajstić information content (AvgIpc) is 3.26. The van der Waals surface area contributed by atoms with Crippen molar-refractivity contribution in [3.05, 3.63) is 70.3 Å². The molecule has 1 saturated heterocycles. The zero-order valence-corrected chi connectivity index (χ0v) is 16.1. The maximum atomic E-state index is 11.5. The van der Waals surface area contributed by atoms with Gasteiger partial charge in [-0.05, 0) is 31.2 Å². The zero-order chi connectivity index (χ0) is 20.2. The quantitative estimate of drug-likeness (QED) is 0.502. The molecule has 9 nitrogen and oxygen atoms in total. The van der Waals surface area contributed by atoms with Crippen molar-refractivity contribution in [2.75, 3.05) is 41.3 Å². The van der Waals surface area contributed by atoms with Gasteiger partial charge in [0.2, 0.25) is 11.8 Å². The minimum atomic E-state index is -0.447. The number of benzene rings is 1. The lowest BCUT2D eigenvalue weighted by Gasteiger charge is -2.36. The first-order chi connectivity index (χ1) is 14.1. The van der Waals surface area contributed by atoms with Crippen molar-refractivity contribution >= 4 is 23.1 Å². The zero-order valence-electron chi connectivity index (χ0n) is 16.1. The Labute approximate surface area is 168 Å². The second kappa shape index (κ2) is 8.17. The van der Waals surface area contributed by atoms with Crippen LogP contribution in [-0.4, -0.2) is 41.1 Å². The highest BCUT2D eigenvalue weighted by atomic mass is 16.6. The van der Waals surface area contributed by atoms with Gasteiger partial charge >= 0.3 is 5.69 Å². The number of aryl methyl sites for hydroxylation is 1. The Balaban J connectivity index is 1.52. The molecule has 0 radical (unpaired) electrons. The SMILES string of the molecule is Cc1nc(N2CCN(c3ccccc3)CC2)nc(NCc2ccco2)c1[N+](=O)[O-]. The van der Waals surface area contributed by atoms with Gasteiger partial charge in [0.15, 0.2) is 0 Å². The first kappa shape index (κ1) is 18.7. The van der Waals surface area contributed by atoms with Crippen LogP contribution in [0.1, 0.15) is 11.5 Å². The van der Waals surface area contributed by atoms with Crippen molar-refractivity contribution in [2.45, 2.75) is 13.5 Å². The third-order valence-electron chi connectivity index (χ3n) is 4.92. The number of furan rings is 1. The van der Waals surface area contributed by atoms with Gasteiger partial charge in [-0.2, -0.15) is 4.98 Å². The molecule has 3 aromatic rings. The van der Waals surface area contributed by atoms with E-state index in [4.69, 9.17) is 4.42 Å². The lowest BCUT2D eigenvalue weighted by Crippen LogP contribution is -2.47. The van der Waals surface area contributed by atoms with Crippen molar-refractivity contribution in [1.29, 1.82) is 0 Å². The Morgan fingerprint density at radius 2 is 1.79 bits per heavy atom. The summed E-state index contributed by atoms with van der Waals surface area (Å²) >= 11 is 0. The van der Waals surface area contributed by atoms with Crippen molar-refractivity contribution < 1.29 is 9.34 Å². The normalized spacial score (nSPS) is 14.1. The van der Waals surface area contributed by atoms with E-state index in [0.717, 1.165) is 26.2 Å². The third-order valence-corrected chi connectivity index (χ3v) is 4.92. The van der Waals surface area contributed by atoms with E-state index in [-0.39, 0.29) is 11.5 Å². The lowest BCUT2D eigenvalue weighted by atomic mass is 10.2. The monoisotopic (exact) mass is 394 g/mol. The Morgan fingerprint density at radius 3 is 2.45 bits per heavy atom. The summed E-state index contributed by atoms with van der Waals surface area (Å²) in [6.45, 7) is 5.10. The second-order valence-corrected chi connectivity index (χ2v) is 6.81.